The van der Waals surface area contributed by atoms with E-state index in [1.165, 1.54) is 16.3 Å². The van der Waals surface area contributed by atoms with Gasteiger partial charge in [-0.3, -0.25) is 4.99 Å². The number of fused-ring (bicyclic) bond motifs is 1. The largest absolute Gasteiger partial charge is 0.497 e. The molecule has 25 heavy (non-hydrogen) atoms. The smallest absolute Gasteiger partial charge is 0.191 e. The van der Waals surface area contributed by atoms with Crippen LogP contribution in [0.15, 0.2) is 41.4 Å². The number of methoxy groups -OCH3 is 1. The van der Waals surface area contributed by atoms with Crippen LogP contribution in [-0.2, 0) is 11.3 Å². The van der Waals surface area contributed by atoms with Gasteiger partial charge in [0.25, 0.3) is 0 Å². The summed E-state index contributed by atoms with van der Waals surface area (Å²) in [6.07, 6.45) is 2.22. The summed E-state index contributed by atoms with van der Waals surface area (Å²) >= 11 is 0. The van der Waals surface area contributed by atoms with Gasteiger partial charge in [0.15, 0.2) is 5.96 Å². The zero-order valence-electron chi connectivity index (χ0n) is 15.3. The van der Waals surface area contributed by atoms with E-state index in [0.717, 1.165) is 44.2 Å². The summed E-state index contributed by atoms with van der Waals surface area (Å²) in [4.78, 5) is 4.30. The van der Waals surface area contributed by atoms with Crippen LogP contribution >= 0.6 is 0 Å². The minimum Gasteiger partial charge on any atom is -0.497 e. The van der Waals surface area contributed by atoms with E-state index in [9.17, 15) is 0 Å². The average Bonchev–Trinajstić information content (AvgIpc) is 3.08. The van der Waals surface area contributed by atoms with E-state index in [1.54, 1.807) is 14.2 Å². The maximum atomic E-state index is 5.81. The first-order valence-electron chi connectivity index (χ1n) is 8.77. The van der Waals surface area contributed by atoms with E-state index in [0.29, 0.717) is 0 Å². The molecule has 5 nitrogen and oxygen atoms in total. The molecule has 0 amide bonds. The number of ether oxygens (including phenoxy) is 2. The molecule has 5 heteroatoms. The molecule has 2 aromatic rings. The first kappa shape index (κ1) is 17.5. The van der Waals surface area contributed by atoms with Crippen molar-refractivity contribution in [3.8, 4) is 5.75 Å². The maximum Gasteiger partial charge on any atom is 0.191 e. The van der Waals surface area contributed by atoms with Gasteiger partial charge in [-0.05, 0) is 54.3 Å². The van der Waals surface area contributed by atoms with Crippen LogP contribution in [0.5, 0.6) is 5.75 Å². The number of guanidine groups is 1. The molecule has 0 aliphatic carbocycles. The Balaban J connectivity index is 1.58. The second-order valence-electron chi connectivity index (χ2n) is 6.73. The van der Waals surface area contributed by atoms with Gasteiger partial charge in [0.2, 0.25) is 0 Å². The van der Waals surface area contributed by atoms with Crippen molar-refractivity contribution in [3.05, 3.63) is 42.0 Å². The molecule has 1 atom stereocenters. The van der Waals surface area contributed by atoms with Crippen molar-refractivity contribution in [1.29, 1.82) is 0 Å². The van der Waals surface area contributed by atoms with Crippen molar-refractivity contribution in [2.45, 2.75) is 31.9 Å². The van der Waals surface area contributed by atoms with Gasteiger partial charge in [-0.15, -0.1) is 0 Å². The third-order valence-electron chi connectivity index (χ3n) is 4.73. The summed E-state index contributed by atoms with van der Waals surface area (Å²) < 4.78 is 11.1. The van der Waals surface area contributed by atoms with Crippen LogP contribution in [0.4, 0.5) is 0 Å². The fraction of sp³-hybridized carbons (Fsp3) is 0.450. The van der Waals surface area contributed by atoms with Gasteiger partial charge in [0.1, 0.15) is 5.75 Å². The molecule has 0 bridgehead atoms. The topological polar surface area (TPSA) is 54.9 Å². The van der Waals surface area contributed by atoms with Crippen molar-refractivity contribution in [2.75, 3.05) is 27.3 Å². The Morgan fingerprint density at radius 1 is 1.20 bits per heavy atom. The SMILES string of the molecule is CN=C(NCc1ccc2cc(OC)ccc2c1)NCC1(C)CCCO1. The van der Waals surface area contributed by atoms with Gasteiger partial charge in [-0.2, -0.15) is 0 Å². The van der Waals surface area contributed by atoms with E-state index in [1.807, 2.05) is 6.07 Å². The normalized spacial score (nSPS) is 20.7. The molecule has 0 spiro atoms. The molecular weight excluding hydrogens is 314 g/mol. The Morgan fingerprint density at radius 3 is 2.72 bits per heavy atom. The van der Waals surface area contributed by atoms with Gasteiger partial charge >= 0.3 is 0 Å². The van der Waals surface area contributed by atoms with E-state index >= 15 is 0 Å². The van der Waals surface area contributed by atoms with Crippen LogP contribution in [-0.4, -0.2) is 38.9 Å². The highest BCUT2D eigenvalue weighted by molar-refractivity contribution is 5.85. The Hall–Kier alpha value is -2.27. The number of rotatable bonds is 5. The lowest BCUT2D eigenvalue weighted by Crippen LogP contribution is -2.45. The molecule has 2 aromatic carbocycles. The van der Waals surface area contributed by atoms with Gasteiger partial charge in [-0.25, -0.2) is 0 Å². The quantitative estimate of drug-likeness (QED) is 0.648. The third kappa shape index (κ3) is 4.42. The highest BCUT2D eigenvalue weighted by Gasteiger charge is 2.29. The monoisotopic (exact) mass is 341 g/mol. The minimum atomic E-state index is -0.0837. The molecule has 0 saturated carbocycles. The standard InChI is InChI=1S/C20H27N3O2/c1-20(9-4-10-25-20)14-23-19(21-2)22-13-15-5-6-17-12-18(24-3)8-7-16(17)11-15/h5-8,11-12H,4,9-10,13-14H2,1-3H3,(H2,21,22,23). The Kier molecular flexibility index (Phi) is 5.43. The van der Waals surface area contributed by atoms with Crippen molar-refractivity contribution in [1.82, 2.24) is 10.6 Å². The summed E-state index contributed by atoms with van der Waals surface area (Å²) in [6, 6.07) is 12.6. The summed E-state index contributed by atoms with van der Waals surface area (Å²) in [5.41, 5.74) is 1.13. The number of hydrogen-bond acceptors (Lipinski definition) is 3. The van der Waals surface area contributed by atoms with Crippen molar-refractivity contribution in [2.24, 2.45) is 4.99 Å². The zero-order chi connectivity index (χ0) is 17.7. The molecule has 3 rings (SSSR count). The number of aliphatic imine (C=N–C) groups is 1. The number of hydrogen-bond donors (Lipinski definition) is 2. The Morgan fingerprint density at radius 2 is 2.00 bits per heavy atom. The summed E-state index contributed by atoms with van der Waals surface area (Å²) in [5, 5.41) is 9.13. The summed E-state index contributed by atoms with van der Waals surface area (Å²) in [7, 11) is 3.48. The maximum absolute atomic E-state index is 5.81. The third-order valence-corrected chi connectivity index (χ3v) is 4.73. The molecule has 1 heterocycles. The number of nitrogens with one attached hydrogen (secondary N) is 2. The van der Waals surface area contributed by atoms with Crippen LogP contribution in [0, 0.1) is 0 Å². The highest BCUT2D eigenvalue weighted by Crippen LogP contribution is 2.24. The molecule has 1 saturated heterocycles. The number of benzene rings is 2. The molecule has 1 aliphatic heterocycles. The lowest BCUT2D eigenvalue weighted by molar-refractivity contribution is 0.0243. The molecule has 1 fully saturated rings. The molecule has 1 unspecified atom stereocenters. The van der Waals surface area contributed by atoms with Crippen LogP contribution < -0.4 is 15.4 Å². The van der Waals surface area contributed by atoms with Gasteiger partial charge in [-0.1, -0.05) is 18.2 Å². The molecular formula is C20H27N3O2. The van der Waals surface area contributed by atoms with Crippen LogP contribution in [0.25, 0.3) is 10.8 Å². The molecule has 0 aromatic heterocycles. The molecule has 1 aliphatic rings. The average molecular weight is 341 g/mol. The van der Waals surface area contributed by atoms with E-state index in [4.69, 9.17) is 9.47 Å². The van der Waals surface area contributed by atoms with Crippen molar-refractivity contribution in [3.63, 3.8) is 0 Å². The fourth-order valence-electron chi connectivity index (χ4n) is 3.16. The lowest BCUT2D eigenvalue weighted by Gasteiger charge is -2.24. The van der Waals surface area contributed by atoms with Gasteiger partial charge < -0.3 is 20.1 Å². The summed E-state index contributed by atoms with van der Waals surface area (Å²) in [5.74, 6) is 1.68. The lowest BCUT2D eigenvalue weighted by atomic mass is 10.0. The predicted molar refractivity (Wildman–Crippen MR) is 102 cm³/mol. The summed E-state index contributed by atoms with van der Waals surface area (Å²) in [6.45, 7) is 4.49. The minimum absolute atomic E-state index is 0.0837. The Bertz CT molecular complexity index is 752. The molecule has 0 radical (unpaired) electrons. The van der Waals surface area contributed by atoms with Gasteiger partial charge in [0, 0.05) is 26.7 Å². The van der Waals surface area contributed by atoms with Crippen molar-refractivity contribution >= 4 is 16.7 Å². The van der Waals surface area contributed by atoms with Gasteiger partial charge in [0.05, 0.1) is 12.7 Å². The first-order chi connectivity index (χ1) is 12.1. The molecule has 2 N–H and O–H groups in total. The highest BCUT2D eigenvalue weighted by atomic mass is 16.5. The van der Waals surface area contributed by atoms with E-state index in [-0.39, 0.29) is 5.60 Å². The van der Waals surface area contributed by atoms with Crippen LogP contribution in [0.1, 0.15) is 25.3 Å². The zero-order valence-corrected chi connectivity index (χ0v) is 15.3. The van der Waals surface area contributed by atoms with E-state index in [2.05, 4.69) is 52.9 Å². The second kappa shape index (κ2) is 7.74. The van der Waals surface area contributed by atoms with E-state index < -0.39 is 0 Å². The fourth-order valence-corrected chi connectivity index (χ4v) is 3.16. The van der Waals surface area contributed by atoms with Crippen molar-refractivity contribution < 1.29 is 9.47 Å². The first-order valence-corrected chi connectivity index (χ1v) is 8.77. The predicted octanol–water partition coefficient (Wildman–Crippen LogP) is 3.08. The van der Waals surface area contributed by atoms with Crippen LogP contribution in [0.2, 0.25) is 0 Å². The molecule has 134 valence electrons. The second-order valence-corrected chi connectivity index (χ2v) is 6.73. The van der Waals surface area contributed by atoms with Crippen LogP contribution in [0.3, 0.4) is 0 Å². The Labute approximate surface area is 149 Å². The number of nitrogens with zero attached hydrogens (tertiary/aromatic N) is 1.